The lowest BCUT2D eigenvalue weighted by Gasteiger charge is -2.07. The second kappa shape index (κ2) is 5.11. The first-order chi connectivity index (χ1) is 8.72. The van der Waals surface area contributed by atoms with Gasteiger partial charge in [0, 0.05) is 11.6 Å². The van der Waals surface area contributed by atoms with Gasteiger partial charge in [-0.05, 0) is 36.4 Å². The molecule has 88 valence electrons. The largest absolute Gasteiger partial charge is 0.456 e. The maximum Gasteiger partial charge on any atom is 0.150 e. The number of rotatable bonds is 3. The third-order valence-corrected chi connectivity index (χ3v) is 2.31. The van der Waals surface area contributed by atoms with E-state index in [9.17, 15) is 9.18 Å². The lowest BCUT2D eigenvalue weighted by Crippen LogP contribution is -1.90. The molecule has 0 aromatic heterocycles. The Hall–Kier alpha value is -2.67. The van der Waals surface area contributed by atoms with Crippen LogP contribution in [0.2, 0.25) is 0 Å². The molecule has 0 aliphatic rings. The highest BCUT2D eigenvalue weighted by Gasteiger charge is 2.06. The second-order valence-corrected chi connectivity index (χ2v) is 3.54. The molecule has 0 heterocycles. The average Bonchev–Trinajstić information content (AvgIpc) is 2.40. The molecule has 0 bridgehead atoms. The van der Waals surface area contributed by atoms with Crippen LogP contribution in [0.15, 0.2) is 42.5 Å². The molecule has 0 aliphatic heterocycles. The van der Waals surface area contributed by atoms with Gasteiger partial charge in [0.2, 0.25) is 0 Å². The van der Waals surface area contributed by atoms with E-state index in [1.165, 1.54) is 12.1 Å². The zero-order valence-electron chi connectivity index (χ0n) is 9.26. The first-order valence-electron chi connectivity index (χ1n) is 5.15. The fraction of sp³-hybridized carbons (Fsp3) is 0. The van der Waals surface area contributed by atoms with Crippen molar-refractivity contribution in [2.24, 2.45) is 0 Å². The van der Waals surface area contributed by atoms with Gasteiger partial charge in [0.05, 0.1) is 5.56 Å². The Bertz CT molecular complexity index is 615. The molecule has 2 aromatic carbocycles. The number of aldehydes is 1. The summed E-state index contributed by atoms with van der Waals surface area (Å²) in [6.07, 6.45) is 0.715. The molecule has 0 saturated heterocycles. The van der Waals surface area contributed by atoms with E-state index in [2.05, 4.69) is 0 Å². The van der Waals surface area contributed by atoms with Gasteiger partial charge in [0.1, 0.15) is 29.7 Å². The minimum absolute atomic E-state index is 0.149. The Kier molecular flexibility index (Phi) is 3.35. The maximum absolute atomic E-state index is 13.1. The Morgan fingerprint density at radius 3 is 2.50 bits per heavy atom. The van der Waals surface area contributed by atoms with Crippen LogP contribution in [0.25, 0.3) is 0 Å². The van der Waals surface area contributed by atoms with E-state index in [-0.39, 0.29) is 11.3 Å². The Balaban J connectivity index is 2.30. The van der Waals surface area contributed by atoms with Crippen LogP contribution in [0.3, 0.4) is 0 Å². The van der Waals surface area contributed by atoms with Gasteiger partial charge in [-0.25, -0.2) is 4.39 Å². The number of benzene rings is 2. The number of nitrogens with zero attached hydrogens (tertiary/aromatic N) is 1. The standard InChI is InChI=1S/C14H8FNO2/c15-12-4-3-11(8-16)14(7-12)18-13-5-1-10(9-17)2-6-13/h1-7,9H. The topological polar surface area (TPSA) is 50.1 Å². The summed E-state index contributed by atoms with van der Waals surface area (Å²) >= 11 is 0. The van der Waals surface area contributed by atoms with Crippen molar-refractivity contribution in [2.75, 3.05) is 0 Å². The predicted octanol–water partition coefficient (Wildman–Crippen LogP) is 3.30. The van der Waals surface area contributed by atoms with E-state index in [0.717, 1.165) is 6.07 Å². The van der Waals surface area contributed by atoms with Crippen molar-refractivity contribution in [1.82, 2.24) is 0 Å². The highest BCUT2D eigenvalue weighted by atomic mass is 19.1. The van der Waals surface area contributed by atoms with Gasteiger partial charge in [-0.1, -0.05) is 0 Å². The fourth-order valence-corrected chi connectivity index (χ4v) is 1.41. The molecule has 0 fully saturated rings. The van der Waals surface area contributed by atoms with Crippen molar-refractivity contribution in [3.63, 3.8) is 0 Å². The van der Waals surface area contributed by atoms with E-state index < -0.39 is 5.82 Å². The molecule has 3 nitrogen and oxygen atoms in total. The zero-order chi connectivity index (χ0) is 13.0. The van der Waals surface area contributed by atoms with E-state index in [0.29, 0.717) is 17.6 Å². The van der Waals surface area contributed by atoms with Gasteiger partial charge >= 0.3 is 0 Å². The zero-order valence-corrected chi connectivity index (χ0v) is 9.26. The van der Waals surface area contributed by atoms with E-state index in [1.807, 2.05) is 6.07 Å². The van der Waals surface area contributed by atoms with E-state index >= 15 is 0 Å². The van der Waals surface area contributed by atoms with Gasteiger partial charge in [-0.3, -0.25) is 4.79 Å². The summed E-state index contributed by atoms with van der Waals surface area (Å²) < 4.78 is 18.5. The summed E-state index contributed by atoms with van der Waals surface area (Å²) in [7, 11) is 0. The molecule has 4 heteroatoms. The molecule has 0 N–H and O–H groups in total. The molecule has 18 heavy (non-hydrogen) atoms. The lowest BCUT2D eigenvalue weighted by molar-refractivity contribution is 0.112. The molecule has 0 radical (unpaired) electrons. The van der Waals surface area contributed by atoms with Crippen LogP contribution in [0.1, 0.15) is 15.9 Å². The summed E-state index contributed by atoms with van der Waals surface area (Å²) in [5.74, 6) is 0.104. The van der Waals surface area contributed by atoms with Gasteiger partial charge in [0.15, 0.2) is 0 Å². The first kappa shape index (κ1) is 11.8. The highest BCUT2D eigenvalue weighted by molar-refractivity contribution is 5.74. The number of nitriles is 1. The van der Waals surface area contributed by atoms with Crippen molar-refractivity contribution < 1.29 is 13.9 Å². The quantitative estimate of drug-likeness (QED) is 0.774. The van der Waals surface area contributed by atoms with E-state index in [4.69, 9.17) is 10.00 Å². The van der Waals surface area contributed by atoms with Crippen molar-refractivity contribution in [3.05, 3.63) is 59.4 Å². The maximum atomic E-state index is 13.1. The van der Waals surface area contributed by atoms with Gasteiger partial charge in [0.25, 0.3) is 0 Å². The van der Waals surface area contributed by atoms with Crippen molar-refractivity contribution in [3.8, 4) is 17.6 Å². The molecule has 0 unspecified atom stereocenters. The SMILES string of the molecule is N#Cc1ccc(F)cc1Oc1ccc(C=O)cc1. The highest BCUT2D eigenvalue weighted by Crippen LogP contribution is 2.25. The summed E-state index contributed by atoms with van der Waals surface area (Å²) in [6.45, 7) is 0. The fourth-order valence-electron chi connectivity index (χ4n) is 1.41. The normalized spacial score (nSPS) is 9.56. The molecule has 2 rings (SSSR count). The number of hydrogen-bond acceptors (Lipinski definition) is 3. The molecular weight excluding hydrogens is 233 g/mol. The lowest BCUT2D eigenvalue weighted by atomic mass is 10.2. The summed E-state index contributed by atoms with van der Waals surface area (Å²) in [6, 6.07) is 11.9. The number of carbonyl (C=O) groups is 1. The van der Waals surface area contributed by atoms with Crippen LogP contribution in [0.5, 0.6) is 11.5 Å². The molecule has 0 amide bonds. The molecule has 2 aromatic rings. The molecule has 0 aliphatic carbocycles. The van der Waals surface area contributed by atoms with Crippen LogP contribution in [0, 0.1) is 17.1 Å². The van der Waals surface area contributed by atoms with Crippen molar-refractivity contribution in [2.45, 2.75) is 0 Å². The Morgan fingerprint density at radius 1 is 1.17 bits per heavy atom. The van der Waals surface area contributed by atoms with Crippen molar-refractivity contribution >= 4 is 6.29 Å². The van der Waals surface area contributed by atoms with Gasteiger partial charge in [-0.15, -0.1) is 0 Å². The Morgan fingerprint density at radius 2 is 1.89 bits per heavy atom. The number of ether oxygens (including phenoxy) is 1. The number of carbonyl (C=O) groups excluding carboxylic acids is 1. The predicted molar refractivity (Wildman–Crippen MR) is 63.0 cm³/mol. The van der Waals surface area contributed by atoms with Gasteiger partial charge in [-0.2, -0.15) is 5.26 Å². The van der Waals surface area contributed by atoms with E-state index in [1.54, 1.807) is 24.3 Å². The Labute approximate surface area is 103 Å². The van der Waals surface area contributed by atoms with Crippen LogP contribution in [-0.2, 0) is 0 Å². The van der Waals surface area contributed by atoms with Crippen LogP contribution in [0.4, 0.5) is 4.39 Å². The van der Waals surface area contributed by atoms with Gasteiger partial charge < -0.3 is 4.74 Å². The minimum Gasteiger partial charge on any atom is -0.456 e. The molecular formula is C14H8FNO2. The monoisotopic (exact) mass is 241 g/mol. The average molecular weight is 241 g/mol. The first-order valence-corrected chi connectivity index (χ1v) is 5.15. The minimum atomic E-state index is -0.478. The molecule has 0 spiro atoms. The third kappa shape index (κ3) is 2.53. The summed E-state index contributed by atoms with van der Waals surface area (Å²) in [5.41, 5.74) is 0.762. The summed E-state index contributed by atoms with van der Waals surface area (Å²) in [5, 5.41) is 8.87. The smallest absolute Gasteiger partial charge is 0.150 e. The third-order valence-electron chi connectivity index (χ3n) is 2.31. The second-order valence-electron chi connectivity index (χ2n) is 3.54. The number of halogens is 1. The summed E-state index contributed by atoms with van der Waals surface area (Å²) in [4.78, 5) is 10.5. The number of hydrogen-bond donors (Lipinski definition) is 0. The molecule has 0 saturated carbocycles. The van der Waals surface area contributed by atoms with Crippen LogP contribution in [-0.4, -0.2) is 6.29 Å². The van der Waals surface area contributed by atoms with Crippen LogP contribution < -0.4 is 4.74 Å². The van der Waals surface area contributed by atoms with Crippen molar-refractivity contribution in [1.29, 1.82) is 5.26 Å². The van der Waals surface area contributed by atoms with Crippen LogP contribution >= 0.6 is 0 Å². The molecule has 0 atom stereocenters.